The van der Waals surface area contributed by atoms with Gasteiger partial charge in [0.1, 0.15) is 23.9 Å². The molecule has 1 unspecified atom stereocenters. The molecule has 4 atom stereocenters. The first-order valence-electron chi connectivity index (χ1n) is 16.0. The number of amides is 5. The van der Waals surface area contributed by atoms with Crippen LogP contribution in [0.15, 0.2) is 66.7 Å². The zero-order valence-electron chi connectivity index (χ0n) is 26.5. The SMILES string of the molecule is CN1CC(=O)NCCCC(NC(=O)[C@@H](N)Cc2ccc(O)cc2)C(=O)N[C@@H](Cc2ccc3ccccc3c2)C(=O)N2CCC[C@@H]2C1=O. The van der Waals surface area contributed by atoms with Crippen LogP contribution in [-0.2, 0) is 36.8 Å². The van der Waals surface area contributed by atoms with Gasteiger partial charge in [-0.2, -0.15) is 0 Å². The number of phenolic OH excluding ortho intramolecular Hbond substituents is 1. The van der Waals surface area contributed by atoms with Gasteiger partial charge in [-0.15, -0.1) is 0 Å². The third kappa shape index (κ3) is 8.44. The van der Waals surface area contributed by atoms with Crippen LogP contribution in [0.4, 0.5) is 0 Å². The number of aromatic hydroxyl groups is 1. The van der Waals surface area contributed by atoms with Crippen molar-refractivity contribution in [2.45, 2.75) is 62.7 Å². The van der Waals surface area contributed by atoms with Crippen molar-refractivity contribution in [2.24, 2.45) is 5.73 Å². The molecule has 2 heterocycles. The number of benzene rings is 3. The van der Waals surface area contributed by atoms with Gasteiger partial charge in [0.05, 0.1) is 12.6 Å². The Hall–Kier alpha value is -4.97. The lowest BCUT2D eigenvalue weighted by Crippen LogP contribution is -2.58. The van der Waals surface area contributed by atoms with Crippen molar-refractivity contribution in [2.75, 3.05) is 26.7 Å². The van der Waals surface area contributed by atoms with E-state index in [0.29, 0.717) is 25.8 Å². The first kappa shape index (κ1) is 33.4. The number of nitrogens with zero attached hydrogens (tertiary/aromatic N) is 2. The first-order valence-corrected chi connectivity index (χ1v) is 16.0. The number of carbonyl (C=O) groups excluding carboxylic acids is 5. The summed E-state index contributed by atoms with van der Waals surface area (Å²) in [5, 5.41) is 20.0. The van der Waals surface area contributed by atoms with Gasteiger partial charge in [0, 0.05) is 26.6 Å². The summed E-state index contributed by atoms with van der Waals surface area (Å²) in [5.41, 5.74) is 7.78. The van der Waals surface area contributed by atoms with Gasteiger partial charge in [0.2, 0.25) is 29.5 Å². The second-order valence-electron chi connectivity index (χ2n) is 12.4. The average molecular weight is 643 g/mol. The fourth-order valence-corrected chi connectivity index (χ4v) is 6.23. The molecule has 2 aliphatic heterocycles. The van der Waals surface area contributed by atoms with Crippen LogP contribution < -0.4 is 21.7 Å². The fourth-order valence-electron chi connectivity index (χ4n) is 6.23. The Morgan fingerprint density at radius 2 is 1.68 bits per heavy atom. The molecule has 2 fully saturated rings. The molecule has 47 heavy (non-hydrogen) atoms. The van der Waals surface area contributed by atoms with Crippen molar-refractivity contribution < 1.29 is 29.1 Å². The van der Waals surface area contributed by atoms with Crippen LogP contribution in [-0.4, -0.2) is 95.3 Å². The third-order valence-electron chi connectivity index (χ3n) is 8.80. The predicted octanol–water partition coefficient (Wildman–Crippen LogP) is 0.987. The van der Waals surface area contributed by atoms with Gasteiger partial charge in [-0.1, -0.05) is 54.6 Å². The summed E-state index contributed by atoms with van der Waals surface area (Å²) in [6.07, 6.45) is 1.91. The lowest BCUT2D eigenvalue weighted by molar-refractivity contribution is -0.146. The van der Waals surface area contributed by atoms with Gasteiger partial charge in [-0.3, -0.25) is 24.0 Å². The minimum atomic E-state index is -1.04. The maximum absolute atomic E-state index is 14.2. The summed E-state index contributed by atoms with van der Waals surface area (Å²) in [7, 11) is 1.54. The number of hydrogen-bond donors (Lipinski definition) is 5. The van der Waals surface area contributed by atoms with Crippen molar-refractivity contribution in [1.29, 1.82) is 0 Å². The normalized spacial score (nSPS) is 22.1. The highest BCUT2D eigenvalue weighted by Gasteiger charge is 2.40. The molecule has 0 aliphatic carbocycles. The molecule has 6 N–H and O–H groups in total. The first-order chi connectivity index (χ1) is 22.6. The summed E-state index contributed by atoms with van der Waals surface area (Å²) < 4.78 is 0. The Kier molecular flexibility index (Phi) is 10.7. The summed E-state index contributed by atoms with van der Waals surface area (Å²) in [5.74, 6) is -2.11. The second-order valence-corrected chi connectivity index (χ2v) is 12.4. The Bertz CT molecular complexity index is 1630. The average Bonchev–Trinajstić information content (AvgIpc) is 3.55. The van der Waals surface area contributed by atoms with E-state index in [0.717, 1.165) is 21.9 Å². The lowest BCUT2D eigenvalue weighted by Gasteiger charge is -2.31. The van der Waals surface area contributed by atoms with Crippen LogP contribution in [0.3, 0.4) is 0 Å². The van der Waals surface area contributed by atoms with E-state index in [2.05, 4.69) is 16.0 Å². The molecule has 0 spiro atoms. The molecule has 0 bridgehead atoms. The molecule has 5 rings (SSSR count). The lowest BCUT2D eigenvalue weighted by atomic mass is 9.99. The van der Waals surface area contributed by atoms with E-state index in [1.54, 1.807) is 19.2 Å². The van der Waals surface area contributed by atoms with Crippen molar-refractivity contribution >= 4 is 40.3 Å². The highest BCUT2D eigenvalue weighted by molar-refractivity contribution is 5.96. The largest absolute Gasteiger partial charge is 0.508 e. The minimum Gasteiger partial charge on any atom is -0.508 e. The molecule has 12 nitrogen and oxygen atoms in total. The molecule has 3 aromatic rings. The van der Waals surface area contributed by atoms with E-state index in [4.69, 9.17) is 5.73 Å². The quantitative estimate of drug-likeness (QED) is 0.267. The minimum absolute atomic E-state index is 0.0926. The van der Waals surface area contributed by atoms with Crippen molar-refractivity contribution in [3.8, 4) is 5.75 Å². The van der Waals surface area contributed by atoms with Crippen molar-refractivity contribution in [3.05, 3.63) is 77.9 Å². The van der Waals surface area contributed by atoms with E-state index in [1.807, 2.05) is 42.5 Å². The fraction of sp³-hybridized carbons (Fsp3) is 0.400. The van der Waals surface area contributed by atoms with Crippen LogP contribution in [0.1, 0.15) is 36.8 Å². The monoisotopic (exact) mass is 642 g/mol. The van der Waals surface area contributed by atoms with Crippen LogP contribution in [0.25, 0.3) is 10.8 Å². The molecule has 5 amide bonds. The molecule has 248 valence electrons. The number of likely N-dealkylation sites (N-methyl/N-ethyl adjacent to an activating group) is 1. The Balaban J connectivity index is 1.41. The highest BCUT2D eigenvalue weighted by atomic mass is 16.3. The summed E-state index contributed by atoms with van der Waals surface area (Å²) >= 11 is 0. The summed E-state index contributed by atoms with van der Waals surface area (Å²) in [4.78, 5) is 70.2. The van der Waals surface area contributed by atoms with E-state index >= 15 is 0 Å². The number of fused-ring (bicyclic) bond motifs is 2. The van der Waals surface area contributed by atoms with E-state index in [1.165, 1.54) is 21.9 Å². The molecule has 12 heteroatoms. The highest BCUT2D eigenvalue weighted by Crippen LogP contribution is 2.23. The van der Waals surface area contributed by atoms with E-state index < -0.39 is 41.9 Å². The van der Waals surface area contributed by atoms with Gasteiger partial charge in [0.25, 0.3) is 0 Å². The zero-order valence-corrected chi connectivity index (χ0v) is 26.5. The summed E-state index contributed by atoms with van der Waals surface area (Å²) in [6, 6.07) is 16.2. The van der Waals surface area contributed by atoms with Gasteiger partial charge >= 0.3 is 0 Å². The maximum atomic E-state index is 14.2. The van der Waals surface area contributed by atoms with Crippen LogP contribution in [0.5, 0.6) is 5.75 Å². The maximum Gasteiger partial charge on any atom is 0.246 e. The molecule has 3 aromatic carbocycles. The second kappa shape index (κ2) is 15.1. The molecule has 0 aromatic heterocycles. The van der Waals surface area contributed by atoms with Gasteiger partial charge in [-0.05, 0) is 66.1 Å². The van der Waals surface area contributed by atoms with Gasteiger partial charge in [-0.25, -0.2) is 0 Å². The van der Waals surface area contributed by atoms with Crippen LogP contribution in [0, 0.1) is 0 Å². The molecule has 2 saturated heterocycles. The number of rotatable bonds is 6. The summed E-state index contributed by atoms with van der Waals surface area (Å²) in [6.45, 7) is 0.391. The zero-order chi connectivity index (χ0) is 33.5. The van der Waals surface area contributed by atoms with E-state index in [9.17, 15) is 29.1 Å². The molecule has 2 aliphatic rings. The molecule has 0 saturated carbocycles. The van der Waals surface area contributed by atoms with Crippen molar-refractivity contribution in [1.82, 2.24) is 25.8 Å². The Morgan fingerprint density at radius 1 is 0.957 bits per heavy atom. The number of phenols is 1. The smallest absolute Gasteiger partial charge is 0.246 e. The Morgan fingerprint density at radius 3 is 2.45 bits per heavy atom. The third-order valence-corrected chi connectivity index (χ3v) is 8.80. The standard InChI is InChI=1S/C35H42N6O6/c1-40-21-31(43)37-16-4-8-28(38-32(44)27(36)19-22-11-14-26(42)15-12-22)33(45)39-29(34(46)41-17-5-9-30(41)35(40)47)20-23-10-13-24-6-2-3-7-25(24)18-23/h2-3,6-7,10-15,18,27-30,42H,4-5,8-9,16-17,19-21,36H2,1H3,(H,37,43)(H,38,44)(H,39,45)/t27-,28?,29-,30+/m0/s1. The topological polar surface area (TPSA) is 174 Å². The van der Waals surface area contributed by atoms with Crippen molar-refractivity contribution in [3.63, 3.8) is 0 Å². The number of carbonyl (C=O) groups is 5. The number of nitrogens with one attached hydrogen (secondary N) is 3. The van der Waals surface area contributed by atoms with Gasteiger partial charge < -0.3 is 36.6 Å². The number of nitrogens with two attached hydrogens (primary N) is 1. The molecular formula is C35H42N6O6. The number of hydrogen-bond acceptors (Lipinski definition) is 7. The van der Waals surface area contributed by atoms with Crippen LogP contribution in [0.2, 0.25) is 0 Å². The Labute approximate surface area is 273 Å². The van der Waals surface area contributed by atoms with Crippen LogP contribution >= 0.6 is 0 Å². The molecule has 0 radical (unpaired) electrons. The van der Waals surface area contributed by atoms with E-state index in [-0.39, 0.29) is 49.9 Å². The molecular weight excluding hydrogens is 600 g/mol. The van der Waals surface area contributed by atoms with Gasteiger partial charge in [0.15, 0.2) is 0 Å². The predicted molar refractivity (Wildman–Crippen MR) is 176 cm³/mol.